The van der Waals surface area contributed by atoms with Gasteiger partial charge in [0.05, 0.1) is 12.1 Å². The van der Waals surface area contributed by atoms with Crippen molar-refractivity contribution in [3.8, 4) is 0 Å². The first-order valence-corrected chi connectivity index (χ1v) is 13.5. The molecule has 1 amide bonds. The first-order chi connectivity index (χ1) is 17.7. The third-order valence-electron chi connectivity index (χ3n) is 9.00. The van der Waals surface area contributed by atoms with Crippen LogP contribution in [-0.2, 0) is 21.5 Å². The van der Waals surface area contributed by atoms with E-state index in [-0.39, 0.29) is 29.7 Å². The maximum absolute atomic E-state index is 13.8. The minimum atomic E-state index is -1.02. The van der Waals surface area contributed by atoms with Gasteiger partial charge in [0.15, 0.2) is 0 Å². The zero-order chi connectivity index (χ0) is 27.9. The number of ketones is 1. The molecule has 4 atom stereocenters. The number of Topliss-reactive ketones (excluding diaryl/α,β-unsaturated/α-hetero) is 1. The van der Waals surface area contributed by atoms with Crippen LogP contribution in [-0.4, -0.2) is 35.5 Å². The zero-order valence-electron chi connectivity index (χ0n) is 23.0. The van der Waals surface area contributed by atoms with Gasteiger partial charge in [0, 0.05) is 37.9 Å². The van der Waals surface area contributed by atoms with Crippen molar-refractivity contribution in [2.75, 3.05) is 6.54 Å². The maximum atomic E-state index is 13.8. The number of aliphatic hydroxyl groups excluding tert-OH is 1. The second-order valence-electron chi connectivity index (χ2n) is 12.5. The normalized spacial score (nSPS) is 28.4. The molecule has 38 heavy (non-hydrogen) atoms. The summed E-state index contributed by atoms with van der Waals surface area (Å²) < 4.78 is 27.6. The number of amides is 1. The fourth-order valence-electron chi connectivity index (χ4n) is 6.90. The summed E-state index contributed by atoms with van der Waals surface area (Å²) in [6.07, 6.45) is 1.64. The third kappa shape index (κ3) is 5.69. The first-order valence-electron chi connectivity index (χ1n) is 13.5. The van der Waals surface area contributed by atoms with Crippen molar-refractivity contribution < 1.29 is 23.5 Å². The number of aliphatic hydroxyl groups is 1. The number of nitrogens with one attached hydrogen (secondary N) is 2. The topological polar surface area (TPSA) is 78.4 Å². The summed E-state index contributed by atoms with van der Waals surface area (Å²) >= 11 is 0. The van der Waals surface area contributed by atoms with Crippen molar-refractivity contribution in [3.63, 3.8) is 0 Å². The molecule has 2 aromatic carbocycles. The number of benzene rings is 2. The van der Waals surface area contributed by atoms with Crippen LogP contribution in [0.5, 0.6) is 0 Å². The van der Waals surface area contributed by atoms with Crippen LogP contribution in [0.2, 0.25) is 0 Å². The van der Waals surface area contributed by atoms with E-state index in [0.29, 0.717) is 30.1 Å². The molecule has 206 valence electrons. The monoisotopic (exact) mass is 526 g/mol. The molecule has 5 nitrogen and oxygen atoms in total. The predicted octanol–water partition coefficient (Wildman–Crippen LogP) is 5.15. The molecule has 3 N–H and O–H groups in total. The van der Waals surface area contributed by atoms with E-state index in [1.54, 1.807) is 0 Å². The molecule has 2 fully saturated rings. The van der Waals surface area contributed by atoms with E-state index in [2.05, 4.69) is 62.6 Å². The molecular formula is C31H40F2N2O3. The van der Waals surface area contributed by atoms with E-state index in [1.165, 1.54) is 24.6 Å². The number of rotatable bonds is 9. The van der Waals surface area contributed by atoms with Crippen LogP contribution in [0.4, 0.5) is 8.78 Å². The Bertz CT molecular complexity index is 1170. The van der Waals surface area contributed by atoms with Gasteiger partial charge in [-0.3, -0.25) is 9.59 Å². The van der Waals surface area contributed by atoms with Gasteiger partial charge in [0.1, 0.15) is 17.4 Å². The molecule has 2 aliphatic carbocycles. The Morgan fingerprint density at radius 1 is 1.03 bits per heavy atom. The van der Waals surface area contributed by atoms with E-state index in [9.17, 15) is 23.5 Å². The van der Waals surface area contributed by atoms with Crippen molar-refractivity contribution >= 4 is 11.7 Å². The van der Waals surface area contributed by atoms with Crippen LogP contribution in [0.3, 0.4) is 0 Å². The summed E-state index contributed by atoms with van der Waals surface area (Å²) in [5.41, 5.74) is 1.88. The van der Waals surface area contributed by atoms with Gasteiger partial charge in [-0.15, -0.1) is 0 Å². The fraction of sp³-hybridized carbons (Fsp3) is 0.548. The average molecular weight is 527 g/mol. The molecule has 0 aliphatic heterocycles. The third-order valence-corrected chi connectivity index (χ3v) is 9.00. The number of carbonyl (C=O) groups excluding carboxylic acids is 2. The van der Waals surface area contributed by atoms with Gasteiger partial charge in [-0.05, 0) is 64.8 Å². The van der Waals surface area contributed by atoms with Crippen LogP contribution in [0, 0.1) is 22.5 Å². The van der Waals surface area contributed by atoms with E-state index in [4.69, 9.17) is 0 Å². The summed E-state index contributed by atoms with van der Waals surface area (Å²) in [6, 6.07) is 11.0. The van der Waals surface area contributed by atoms with Crippen LogP contribution >= 0.6 is 0 Å². The van der Waals surface area contributed by atoms with E-state index in [1.807, 2.05) is 0 Å². The molecule has 0 bridgehead atoms. The molecule has 0 spiro atoms. The minimum Gasteiger partial charge on any atom is -0.390 e. The van der Waals surface area contributed by atoms with Crippen LogP contribution in [0.1, 0.15) is 82.9 Å². The van der Waals surface area contributed by atoms with Gasteiger partial charge in [-0.25, -0.2) is 8.78 Å². The average Bonchev–Trinajstić information content (AvgIpc) is 3.15. The molecule has 2 saturated carbocycles. The van der Waals surface area contributed by atoms with Crippen LogP contribution in [0.15, 0.2) is 42.5 Å². The lowest BCUT2D eigenvalue weighted by Gasteiger charge is -2.36. The van der Waals surface area contributed by atoms with E-state index >= 15 is 0 Å². The lowest BCUT2D eigenvalue weighted by Crippen LogP contribution is -2.52. The van der Waals surface area contributed by atoms with Crippen molar-refractivity contribution in [2.24, 2.45) is 10.8 Å². The fourth-order valence-corrected chi connectivity index (χ4v) is 6.90. The Morgan fingerprint density at radius 2 is 1.63 bits per heavy atom. The highest BCUT2D eigenvalue weighted by molar-refractivity contribution is 5.83. The Labute approximate surface area is 224 Å². The maximum Gasteiger partial charge on any atom is 0.217 e. The summed E-state index contributed by atoms with van der Waals surface area (Å²) in [6.45, 7) is 10.2. The molecule has 7 heteroatoms. The number of fused-ring (bicyclic) bond motifs is 1. The molecule has 4 rings (SSSR count). The van der Waals surface area contributed by atoms with Crippen molar-refractivity contribution in [1.82, 2.24) is 10.6 Å². The smallest absolute Gasteiger partial charge is 0.217 e. The van der Waals surface area contributed by atoms with Gasteiger partial charge in [-0.2, -0.15) is 0 Å². The summed E-state index contributed by atoms with van der Waals surface area (Å²) in [5.74, 6) is -1.09. The molecule has 0 saturated heterocycles. The highest BCUT2D eigenvalue weighted by atomic mass is 19.1. The van der Waals surface area contributed by atoms with Gasteiger partial charge in [-0.1, -0.05) is 52.0 Å². The summed E-state index contributed by atoms with van der Waals surface area (Å²) in [5, 5.41) is 17.7. The van der Waals surface area contributed by atoms with E-state index in [0.717, 1.165) is 24.5 Å². The first kappa shape index (κ1) is 28.4. The molecule has 2 aromatic rings. The Morgan fingerprint density at radius 3 is 2.18 bits per heavy atom. The second kappa shape index (κ2) is 10.5. The van der Waals surface area contributed by atoms with Gasteiger partial charge in [0.2, 0.25) is 5.91 Å². The molecule has 0 heterocycles. The number of hydrogen-bond acceptors (Lipinski definition) is 4. The van der Waals surface area contributed by atoms with Gasteiger partial charge < -0.3 is 15.7 Å². The zero-order valence-corrected chi connectivity index (χ0v) is 23.0. The van der Waals surface area contributed by atoms with E-state index < -0.39 is 29.3 Å². The quantitative estimate of drug-likeness (QED) is 0.422. The SMILES string of the molecule is CC(=O)NC(Cc1cc(F)cc(F)c1)C(O)CNC1(c2cccc(C(C)C)c2)CC2(C)CC(=O)CC2(C)C1. The molecule has 4 unspecified atom stereocenters. The lowest BCUT2D eigenvalue weighted by molar-refractivity contribution is -0.120. The second-order valence-corrected chi connectivity index (χ2v) is 12.5. The minimum absolute atomic E-state index is 0.0802. The Kier molecular flexibility index (Phi) is 7.84. The summed E-state index contributed by atoms with van der Waals surface area (Å²) in [7, 11) is 0. The molecule has 2 aliphatic rings. The van der Waals surface area contributed by atoms with Gasteiger partial charge in [0.25, 0.3) is 0 Å². The van der Waals surface area contributed by atoms with Gasteiger partial charge >= 0.3 is 0 Å². The highest BCUT2D eigenvalue weighted by Gasteiger charge is 2.63. The number of carbonyl (C=O) groups is 2. The molecule has 0 aromatic heterocycles. The molecule has 0 radical (unpaired) electrons. The standard InChI is InChI=1S/C31H40F2N2O3/c1-19(2)22-7-6-8-23(12-22)31(17-29(4)14-26(37)15-30(29,5)18-31)34-16-28(38)27(35-20(3)36)11-21-9-24(32)13-25(33)10-21/h6-10,12-13,19,27-28,34,38H,11,14-18H2,1-5H3,(H,35,36). The predicted molar refractivity (Wildman–Crippen MR) is 144 cm³/mol. The molecular weight excluding hydrogens is 486 g/mol. The number of halogens is 2. The van der Waals surface area contributed by atoms with Crippen molar-refractivity contribution in [1.29, 1.82) is 0 Å². The van der Waals surface area contributed by atoms with Crippen LogP contribution in [0.25, 0.3) is 0 Å². The summed E-state index contributed by atoms with van der Waals surface area (Å²) in [4.78, 5) is 24.4. The number of hydrogen-bond donors (Lipinski definition) is 3. The lowest BCUT2D eigenvalue weighted by atomic mass is 9.71. The van der Waals surface area contributed by atoms with Crippen LogP contribution < -0.4 is 10.6 Å². The van der Waals surface area contributed by atoms with Crippen molar-refractivity contribution in [3.05, 3.63) is 70.8 Å². The Hall–Kier alpha value is -2.64. The van der Waals surface area contributed by atoms with Crippen molar-refractivity contribution in [2.45, 2.75) is 90.3 Å². The highest BCUT2D eigenvalue weighted by Crippen LogP contribution is 2.66. The largest absolute Gasteiger partial charge is 0.390 e. The Balaban J connectivity index is 1.62.